The van der Waals surface area contributed by atoms with E-state index in [-0.39, 0.29) is 22.5 Å². The van der Waals surface area contributed by atoms with Crippen LogP contribution in [0, 0.1) is 17.5 Å². The maximum absolute atomic E-state index is 15.0. The summed E-state index contributed by atoms with van der Waals surface area (Å²) in [6, 6.07) is 4.36. The fraction of sp³-hybridized carbons (Fsp3) is 0.364. The normalized spacial score (nSPS) is 18.9. The first-order valence-corrected chi connectivity index (χ1v) is 11.2. The molecule has 0 radical (unpaired) electrons. The van der Waals surface area contributed by atoms with Crippen molar-refractivity contribution in [3.63, 3.8) is 0 Å². The van der Waals surface area contributed by atoms with Gasteiger partial charge in [0.25, 0.3) is 0 Å². The van der Waals surface area contributed by atoms with Gasteiger partial charge in [0.05, 0.1) is 28.6 Å². The Labute approximate surface area is 197 Å². The van der Waals surface area contributed by atoms with Crippen molar-refractivity contribution in [1.29, 1.82) is 0 Å². The molecule has 2 saturated heterocycles. The summed E-state index contributed by atoms with van der Waals surface area (Å²) >= 11 is 2.97. The molecule has 0 bridgehead atoms. The van der Waals surface area contributed by atoms with Crippen molar-refractivity contribution in [3.8, 4) is 5.75 Å². The van der Waals surface area contributed by atoms with Crippen LogP contribution in [0.15, 0.2) is 28.7 Å². The molecule has 2 heterocycles. The second kappa shape index (κ2) is 9.50. The van der Waals surface area contributed by atoms with Crippen molar-refractivity contribution in [2.45, 2.75) is 18.9 Å². The molecule has 2 aromatic rings. The number of rotatable bonds is 5. The largest absolute Gasteiger partial charge is 0.495 e. The van der Waals surface area contributed by atoms with E-state index in [9.17, 15) is 18.4 Å². The summed E-state index contributed by atoms with van der Waals surface area (Å²) in [5.74, 6) is -2.06. The summed E-state index contributed by atoms with van der Waals surface area (Å²) in [6.45, 7) is 1.51. The second-order valence-electron chi connectivity index (χ2n) is 7.84. The Hall–Kier alpha value is -2.95. The van der Waals surface area contributed by atoms with Gasteiger partial charge in [0.1, 0.15) is 29.2 Å². The van der Waals surface area contributed by atoms with Crippen molar-refractivity contribution >= 4 is 44.8 Å². The zero-order valence-electron chi connectivity index (χ0n) is 17.8. The fourth-order valence-electron chi connectivity index (χ4n) is 4.03. The van der Waals surface area contributed by atoms with Crippen LogP contribution >= 0.6 is 15.9 Å². The number of carbonyl (C=O) groups excluding carboxylic acids is 2. The maximum Gasteiger partial charge on any atom is 0.249 e. The molecule has 176 valence electrons. The minimum Gasteiger partial charge on any atom is -0.495 e. The molecule has 2 aliphatic heterocycles. The summed E-state index contributed by atoms with van der Waals surface area (Å²) in [7, 11) is 1.44. The number of carbonyl (C=O) groups is 2. The Morgan fingerprint density at radius 1 is 0.970 bits per heavy atom. The lowest BCUT2D eigenvalue weighted by Crippen LogP contribution is -2.47. The molecule has 2 aromatic carbocycles. The predicted molar refractivity (Wildman–Crippen MR) is 121 cm³/mol. The van der Waals surface area contributed by atoms with Gasteiger partial charge in [-0.15, -0.1) is 0 Å². The first kappa shape index (κ1) is 23.2. The van der Waals surface area contributed by atoms with E-state index < -0.39 is 29.4 Å². The maximum atomic E-state index is 15.0. The molecular weight excluding hydrogens is 505 g/mol. The fourth-order valence-corrected chi connectivity index (χ4v) is 4.34. The minimum absolute atomic E-state index is 0.0579. The van der Waals surface area contributed by atoms with Crippen molar-refractivity contribution in [2.75, 3.05) is 48.4 Å². The van der Waals surface area contributed by atoms with Crippen LogP contribution in [0.5, 0.6) is 5.75 Å². The monoisotopic (exact) mass is 526 g/mol. The van der Waals surface area contributed by atoms with Gasteiger partial charge in [0, 0.05) is 50.8 Å². The highest BCUT2D eigenvalue weighted by molar-refractivity contribution is 9.10. The number of hydrogen-bond donors (Lipinski definition) is 2. The second-order valence-corrected chi connectivity index (χ2v) is 8.70. The number of nitrogens with zero attached hydrogens (tertiary/aromatic N) is 2. The molecule has 7 nitrogen and oxygen atoms in total. The van der Waals surface area contributed by atoms with E-state index in [4.69, 9.17) is 4.74 Å². The number of amides is 2. The molecule has 4 rings (SSSR count). The highest BCUT2D eigenvalue weighted by atomic mass is 79.9. The lowest BCUT2D eigenvalue weighted by molar-refractivity contribution is -0.133. The van der Waals surface area contributed by atoms with E-state index in [2.05, 4.69) is 26.6 Å². The Kier molecular flexibility index (Phi) is 6.68. The molecule has 2 aliphatic rings. The molecule has 0 aliphatic carbocycles. The third-order valence-electron chi connectivity index (χ3n) is 5.79. The number of piperidine rings is 1. The van der Waals surface area contributed by atoms with Crippen LogP contribution in [0.3, 0.4) is 0 Å². The highest BCUT2D eigenvalue weighted by Crippen LogP contribution is 2.35. The molecular formula is C22H22BrF3N4O3. The zero-order valence-corrected chi connectivity index (χ0v) is 19.3. The van der Waals surface area contributed by atoms with Crippen LogP contribution in [0.1, 0.15) is 12.8 Å². The van der Waals surface area contributed by atoms with Gasteiger partial charge in [-0.3, -0.25) is 14.9 Å². The van der Waals surface area contributed by atoms with Crippen LogP contribution in [-0.4, -0.2) is 51.1 Å². The summed E-state index contributed by atoms with van der Waals surface area (Å²) in [5, 5.41) is 5.20. The average Bonchev–Trinajstić information content (AvgIpc) is 2.78. The zero-order chi connectivity index (χ0) is 23.7. The molecule has 1 atom stereocenters. The number of methoxy groups -OCH3 is 1. The lowest BCUT2D eigenvalue weighted by Gasteiger charge is -2.37. The van der Waals surface area contributed by atoms with Gasteiger partial charge in [0.15, 0.2) is 0 Å². The molecule has 0 saturated carbocycles. The third-order valence-corrected chi connectivity index (χ3v) is 6.40. The summed E-state index contributed by atoms with van der Waals surface area (Å²) in [6.07, 6.45) is 0.492. The summed E-state index contributed by atoms with van der Waals surface area (Å²) < 4.78 is 48.7. The topological polar surface area (TPSA) is 73.9 Å². The smallest absolute Gasteiger partial charge is 0.249 e. The number of anilines is 3. The van der Waals surface area contributed by atoms with Gasteiger partial charge in [-0.1, -0.05) is 0 Å². The number of piperazine rings is 1. The van der Waals surface area contributed by atoms with Crippen molar-refractivity contribution in [2.24, 2.45) is 0 Å². The molecule has 11 heteroatoms. The molecule has 33 heavy (non-hydrogen) atoms. The lowest BCUT2D eigenvalue weighted by atomic mass is 10.1. The third kappa shape index (κ3) is 4.87. The van der Waals surface area contributed by atoms with Gasteiger partial charge >= 0.3 is 0 Å². The van der Waals surface area contributed by atoms with E-state index in [0.717, 1.165) is 12.1 Å². The van der Waals surface area contributed by atoms with Crippen LogP contribution in [0.25, 0.3) is 0 Å². The van der Waals surface area contributed by atoms with Crippen LogP contribution in [0.2, 0.25) is 0 Å². The Bertz CT molecular complexity index is 1090. The van der Waals surface area contributed by atoms with E-state index in [1.807, 2.05) is 0 Å². The number of hydrogen-bond acceptors (Lipinski definition) is 6. The number of benzene rings is 2. The Morgan fingerprint density at radius 2 is 1.58 bits per heavy atom. The molecule has 2 amide bonds. The predicted octanol–water partition coefficient (Wildman–Crippen LogP) is 3.42. The standard InChI is InChI=1S/C22H22BrF3N4O3/c1-33-20-11-19(15(26)9-17(20)27-16-2-3-21(31)28-22(16)32)30-6-4-29(5-7-30)18-10-13(24)12(23)8-14(18)25/h8-11,16,27H,2-7H2,1H3,(H,28,31,32). The summed E-state index contributed by atoms with van der Waals surface area (Å²) in [4.78, 5) is 26.9. The molecule has 0 spiro atoms. The molecule has 0 aromatic heterocycles. The number of nitrogens with one attached hydrogen (secondary N) is 2. The van der Waals surface area contributed by atoms with Gasteiger partial charge in [-0.2, -0.15) is 0 Å². The SMILES string of the molecule is COc1cc(N2CCN(c3cc(F)c(Br)cc3F)CC2)c(F)cc1NC1CCC(=O)NC1=O. The first-order chi connectivity index (χ1) is 15.8. The number of imide groups is 1. The molecule has 2 N–H and O–H groups in total. The Balaban J connectivity index is 1.48. The van der Waals surface area contributed by atoms with Gasteiger partial charge in [0.2, 0.25) is 11.8 Å². The Morgan fingerprint density at radius 3 is 2.18 bits per heavy atom. The van der Waals surface area contributed by atoms with Crippen LogP contribution in [-0.2, 0) is 9.59 Å². The van der Waals surface area contributed by atoms with Gasteiger partial charge in [-0.05, 0) is 28.4 Å². The summed E-state index contributed by atoms with van der Waals surface area (Å²) in [5.41, 5.74) is 0.777. The highest BCUT2D eigenvalue weighted by Gasteiger charge is 2.28. The van der Waals surface area contributed by atoms with Crippen LogP contribution < -0.4 is 25.2 Å². The van der Waals surface area contributed by atoms with E-state index in [1.165, 1.54) is 13.2 Å². The minimum atomic E-state index is -0.674. The number of halogens is 4. The number of ether oxygens (including phenoxy) is 1. The quantitative estimate of drug-likeness (QED) is 0.459. The van der Waals surface area contributed by atoms with Gasteiger partial charge < -0.3 is 19.9 Å². The van der Waals surface area contributed by atoms with E-state index in [0.29, 0.717) is 49.7 Å². The van der Waals surface area contributed by atoms with E-state index in [1.54, 1.807) is 15.9 Å². The van der Waals surface area contributed by atoms with Crippen LogP contribution in [0.4, 0.5) is 30.2 Å². The van der Waals surface area contributed by atoms with Crippen molar-refractivity contribution in [1.82, 2.24) is 5.32 Å². The van der Waals surface area contributed by atoms with Crippen molar-refractivity contribution < 1.29 is 27.5 Å². The molecule has 2 fully saturated rings. The first-order valence-electron chi connectivity index (χ1n) is 10.4. The molecule has 1 unspecified atom stereocenters. The van der Waals surface area contributed by atoms with Crippen molar-refractivity contribution in [3.05, 3.63) is 46.2 Å². The van der Waals surface area contributed by atoms with Gasteiger partial charge in [-0.25, -0.2) is 13.2 Å². The average molecular weight is 527 g/mol. The van der Waals surface area contributed by atoms with E-state index >= 15 is 4.39 Å².